The average molecular weight is 546 g/mol. The molecule has 1 aliphatic rings. The summed E-state index contributed by atoms with van der Waals surface area (Å²) in [4.78, 5) is 43.2. The van der Waals surface area contributed by atoms with Crippen LogP contribution < -0.4 is 5.73 Å². The highest BCUT2D eigenvalue weighted by molar-refractivity contribution is 5.91. The second kappa shape index (κ2) is 12.0. The second-order valence-corrected chi connectivity index (χ2v) is 11.3. The number of esters is 1. The van der Waals surface area contributed by atoms with E-state index in [1.807, 2.05) is 45.0 Å². The monoisotopic (exact) mass is 545 g/mol. The van der Waals surface area contributed by atoms with E-state index in [0.717, 1.165) is 22.3 Å². The largest absolute Gasteiger partial charge is 0.465 e. The fourth-order valence-electron chi connectivity index (χ4n) is 4.84. The van der Waals surface area contributed by atoms with Gasteiger partial charge in [0.2, 0.25) is 11.8 Å². The third-order valence-corrected chi connectivity index (χ3v) is 7.36. The molecule has 8 heteroatoms. The summed E-state index contributed by atoms with van der Waals surface area (Å²) in [7, 11) is 1.32. The van der Waals surface area contributed by atoms with Gasteiger partial charge in [-0.15, -0.1) is 0 Å². The lowest BCUT2D eigenvalue weighted by molar-refractivity contribution is -0.150. The number of benzene rings is 3. The summed E-state index contributed by atoms with van der Waals surface area (Å²) in [5.41, 5.74) is 9.87. The van der Waals surface area contributed by atoms with Crippen molar-refractivity contribution in [3.8, 4) is 0 Å². The molecule has 210 valence electrons. The molecule has 0 bridgehead atoms. The highest BCUT2D eigenvalue weighted by Gasteiger charge is 2.41. The van der Waals surface area contributed by atoms with Gasteiger partial charge in [0.1, 0.15) is 11.9 Å². The Morgan fingerprint density at radius 3 is 2.05 bits per heavy atom. The first-order chi connectivity index (χ1) is 19.0. The zero-order valence-electron chi connectivity index (χ0n) is 23.4. The number of halogens is 1. The zero-order chi connectivity index (χ0) is 29.0. The molecule has 3 aromatic carbocycles. The molecule has 2 unspecified atom stereocenters. The smallest absolute Gasteiger partial charge is 0.337 e. The summed E-state index contributed by atoms with van der Waals surface area (Å²) in [6.45, 7) is 6.44. The van der Waals surface area contributed by atoms with Crippen LogP contribution in [0, 0.1) is 11.2 Å². The maximum atomic E-state index is 14.3. The molecule has 0 radical (unpaired) electrons. The minimum atomic E-state index is -0.788. The van der Waals surface area contributed by atoms with Crippen LogP contribution in [0.4, 0.5) is 4.39 Å². The highest BCUT2D eigenvalue weighted by atomic mass is 19.1. The van der Waals surface area contributed by atoms with Crippen LogP contribution in [-0.4, -0.2) is 46.8 Å². The number of nitrogens with two attached hydrogens (primary N) is 1. The van der Waals surface area contributed by atoms with Gasteiger partial charge in [0.25, 0.3) is 0 Å². The maximum absolute atomic E-state index is 14.3. The minimum Gasteiger partial charge on any atom is -0.465 e. The van der Waals surface area contributed by atoms with Crippen molar-refractivity contribution in [1.29, 1.82) is 0 Å². The molecule has 0 saturated heterocycles. The molecule has 1 heterocycles. The van der Waals surface area contributed by atoms with Crippen molar-refractivity contribution >= 4 is 17.8 Å². The molecular weight excluding hydrogens is 509 g/mol. The van der Waals surface area contributed by atoms with Crippen LogP contribution in [-0.2, 0) is 40.4 Å². The minimum absolute atomic E-state index is 0.212. The van der Waals surface area contributed by atoms with Crippen molar-refractivity contribution in [3.05, 3.63) is 106 Å². The summed E-state index contributed by atoms with van der Waals surface area (Å²) in [6.07, 6.45) is 0.360. The third kappa shape index (κ3) is 6.57. The van der Waals surface area contributed by atoms with Gasteiger partial charge in [0, 0.05) is 26.1 Å². The molecule has 0 saturated carbocycles. The van der Waals surface area contributed by atoms with Gasteiger partial charge >= 0.3 is 5.97 Å². The van der Waals surface area contributed by atoms with E-state index in [0.29, 0.717) is 12.0 Å². The Hall–Kier alpha value is -4.04. The Kier molecular flexibility index (Phi) is 8.69. The van der Waals surface area contributed by atoms with E-state index < -0.39 is 23.5 Å². The number of carbonyl (C=O) groups is 3. The molecule has 0 aliphatic carbocycles. The summed E-state index contributed by atoms with van der Waals surface area (Å²) in [5.74, 6) is -1.32. The van der Waals surface area contributed by atoms with E-state index in [9.17, 15) is 18.8 Å². The topological polar surface area (TPSA) is 92.9 Å². The van der Waals surface area contributed by atoms with Gasteiger partial charge in [-0.3, -0.25) is 9.59 Å². The Morgan fingerprint density at radius 2 is 1.50 bits per heavy atom. The zero-order valence-corrected chi connectivity index (χ0v) is 23.4. The molecule has 0 fully saturated rings. The van der Waals surface area contributed by atoms with Gasteiger partial charge in [0.05, 0.1) is 18.7 Å². The van der Waals surface area contributed by atoms with E-state index >= 15 is 0 Å². The number of ether oxygens (including phenoxy) is 1. The normalized spacial score (nSPS) is 15.7. The molecule has 40 heavy (non-hydrogen) atoms. The lowest BCUT2D eigenvalue weighted by Crippen LogP contribution is -2.59. The van der Waals surface area contributed by atoms with Crippen molar-refractivity contribution in [1.82, 2.24) is 9.80 Å². The molecule has 2 atom stereocenters. The molecule has 7 nitrogen and oxygen atoms in total. The van der Waals surface area contributed by atoms with E-state index in [4.69, 9.17) is 10.5 Å². The summed E-state index contributed by atoms with van der Waals surface area (Å²) < 4.78 is 18.4. The van der Waals surface area contributed by atoms with Crippen LogP contribution in [0.25, 0.3) is 0 Å². The van der Waals surface area contributed by atoms with E-state index in [1.54, 1.807) is 46.2 Å². The van der Waals surface area contributed by atoms with E-state index in [-0.39, 0.29) is 37.3 Å². The van der Waals surface area contributed by atoms with Gasteiger partial charge in [-0.05, 0) is 51.9 Å². The first-order valence-corrected chi connectivity index (χ1v) is 13.3. The van der Waals surface area contributed by atoms with E-state index in [2.05, 4.69) is 0 Å². The van der Waals surface area contributed by atoms with Gasteiger partial charge < -0.3 is 20.3 Å². The molecule has 0 spiro atoms. The van der Waals surface area contributed by atoms with Crippen molar-refractivity contribution in [2.24, 2.45) is 11.1 Å². The lowest BCUT2D eigenvalue weighted by Gasteiger charge is -2.41. The molecule has 2 amide bonds. The number of nitrogens with zero attached hydrogens (tertiary/aromatic N) is 2. The van der Waals surface area contributed by atoms with E-state index in [1.165, 1.54) is 19.2 Å². The number of carbonyl (C=O) groups excluding carboxylic acids is 3. The summed E-state index contributed by atoms with van der Waals surface area (Å²) in [5, 5.41) is 0. The predicted molar refractivity (Wildman–Crippen MR) is 150 cm³/mol. The van der Waals surface area contributed by atoms with Crippen molar-refractivity contribution in [2.45, 2.75) is 58.9 Å². The quantitative estimate of drug-likeness (QED) is 0.443. The van der Waals surface area contributed by atoms with Crippen LogP contribution in [0.3, 0.4) is 0 Å². The number of methoxy groups -OCH3 is 1. The van der Waals surface area contributed by atoms with Gasteiger partial charge in [0.15, 0.2) is 0 Å². The number of fused-ring (bicyclic) bond motifs is 1. The van der Waals surface area contributed by atoms with Crippen molar-refractivity contribution in [3.63, 3.8) is 0 Å². The Morgan fingerprint density at radius 1 is 0.950 bits per heavy atom. The Labute approximate surface area is 234 Å². The lowest BCUT2D eigenvalue weighted by atomic mass is 9.85. The van der Waals surface area contributed by atoms with Gasteiger partial charge in [-0.25, -0.2) is 9.18 Å². The maximum Gasteiger partial charge on any atom is 0.337 e. The van der Waals surface area contributed by atoms with Crippen LogP contribution in [0.2, 0.25) is 0 Å². The predicted octanol–water partition coefficient (Wildman–Crippen LogP) is 4.47. The highest BCUT2D eigenvalue weighted by Crippen LogP contribution is 2.29. The average Bonchev–Trinajstić information content (AvgIpc) is 2.95. The van der Waals surface area contributed by atoms with Crippen LogP contribution in [0.1, 0.15) is 53.4 Å². The third-order valence-electron chi connectivity index (χ3n) is 7.36. The number of hydrogen-bond donors (Lipinski definition) is 1. The first kappa shape index (κ1) is 29.0. The van der Waals surface area contributed by atoms with Crippen LogP contribution in [0.15, 0.2) is 72.8 Å². The fourth-order valence-corrected chi connectivity index (χ4v) is 4.84. The molecule has 1 aliphatic heterocycles. The first-order valence-electron chi connectivity index (χ1n) is 13.3. The molecule has 3 aromatic rings. The summed E-state index contributed by atoms with van der Waals surface area (Å²) >= 11 is 0. The summed E-state index contributed by atoms with van der Waals surface area (Å²) in [6, 6.07) is 19.1. The Balaban J connectivity index is 1.69. The standard InChI is InChI=1S/C32H36FN3O4/c1-32(2,3)28(34)30(38)36-20-25-8-6-5-7-24(25)17-27(36)29(37)35(19-22-11-15-26(33)16-12-22)18-21-9-13-23(14-10-21)31(39)40-4/h5-16,27-28H,17-20,34H2,1-4H3. The molecule has 0 aromatic heterocycles. The van der Waals surface area contributed by atoms with Gasteiger partial charge in [-0.1, -0.05) is 69.3 Å². The van der Waals surface area contributed by atoms with Crippen molar-refractivity contribution < 1.29 is 23.5 Å². The molecular formula is C32H36FN3O4. The SMILES string of the molecule is COC(=O)c1ccc(CN(Cc2ccc(F)cc2)C(=O)C2Cc3ccccc3CN2C(=O)C(N)C(C)(C)C)cc1. The van der Waals surface area contributed by atoms with Crippen LogP contribution >= 0.6 is 0 Å². The second-order valence-electron chi connectivity index (χ2n) is 11.3. The van der Waals surface area contributed by atoms with Gasteiger partial charge in [-0.2, -0.15) is 0 Å². The van der Waals surface area contributed by atoms with Crippen molar-refractivity contribution in [2.75, 3.05) is 7.11 Å². The fraction of sp³-hybridized carbons (Fsp3) is 0.344. The number of rotatable bonds is 7. The molecule has 2 N–H and O–H groups in total. The number of amides is 2. The number of hydrogen-bond acceptors (Lipinski definition) is 5. The van der Waals surface area contributed by atoms with Crippen LogP contribution in [0.5, 0.6) is 0 Å². The molecule has 4 rings (SSSR count). The Bertz CT molecular complexity index is 1370.